The van der Waals surface area contributed by atoms with E-state index in [2.05, 4.69) is 19.7 Å². The van der Waals surface area contributed by atoms with Crippen LogP contribution in [0.15, 0.2) is 48.8 Å². The summed E-state index contributed by atoms with van der Waals surface area (Å²) < 4.78 is 4.22. The predicted octanol–water partition coefficient (Wildman–Crippen LogP) is 3.51. The standard InChI is InChI=1S/C14H9ClN4OS/c15-11-3-1-2-10(8-11)12-17-14(21-19-12)18-13(20)9-4-6-16-7-5-9/h1-8H,(H,17,18,19,20). The van der Waals surface area contributed by atoms with Crippen molar-refractivity contribution in [1.82, 2.24) is 14.3 Å². The van der Waals surface area contributed by atoms with E-state index >= 15 is 0 Å². The molecule has 0 saturated heterocycles. The van der Waals surface area contributed by atoms with Gasteiger partial charge in [0.05, 0.1) is 0 Å². The molecule has 0 saturated carbocycles. The number of carbonyl (C=O) groups is 1. The van der Waals surface area contributed by atoms with Crippen LogP contribution in [-0.4, -0.2) is 20.2 Å². The molecule has 0 aliphatic heterocycles. The minimum Gasteiger partial charge on any atom is -0.297 e. The van der Waals surface area contributed by atoms with E-state index < -0.39 is 0 Å². The minimum atomic E-state index is -0.244. The third kappa shape index (κ3) is 3.24. The van der Waals surface area contributed by atoms with Gasteiger partial charge in [0.15, 0.2) is 5.82 Å². The van der Waals surface area contributed by atoms with Gasteiger partial charge in [0.25, 0.3) is 5.91 Å². The van der Waals surface area contributed by atoms with Crippen molar-refractivity contribution in [3.05, 3.63) is 59.4 Å². The molecule has 104 valence electrons. The molecular formula is C14H9ClN4OS. The first kappa shape index (κ1) is 13.7. The van der Waals surface area contributed by atoms with E-state index in [1.165, 1.54) is 0 Å². The van der Waals surface area contributed by atoms with Crippen LogP contribution >= 0.6 is 23.1 Å². The SMILES string of the molecule is O=C(Nc1nc(-c2cccc(Cl)c2)ns1)c1ccncc1. The lowest BCUT2D eigenvalue weighted by atomic mass is 10.2. The number of nitrogens with zero attached hydrogens (tertiary/aromatic N) is 3. The molecule has 1 aromatic carbocycles. The van der Waals surface area contributed by atoms with Crippen LogP contribution in [0.1, 0.15) is 10.4 Å². The Morgan fingerprint density at radius 2 is 2.00 bits per heavy atom. The van der Waals surface area contributed by atoms with Crippen LogP contribution in [0.5, 0.6) is 0 Å². The van der Waals surface area contributed by atoms with Gasteiger partial charge in [0.1, 0.15) is 0 Å². The number of amides is 1. The zero-order valence-corrected chi connectivity index (χ0v) is 12.2. The molecule has 5 nitrogen and oxygen atoms in total. The van der Waals surface area contributed by atoms with Crippen molar-refractivity contribution < 1.29 is 4.79 Å². The number of hydrogen-bond donors (Lipinski definition) is 1. The van der Waals surface area contributed by atoms with Crippen LogP contribution in [0.4, 0.5) is 5.13 Å². The Labute approximate surface area is 129 Å². The van der Waals surface area contributed by atoms with E-state index in [4.69, 9.17) is 11.6 Å². The maximum atomic E-state index is 12.0. The van der Waals surface area contributed by atoms with E-state index in [-0.39, 0.29) is 5.91 Å². The summed E-state index contributed by atoms with van der Waals surface area (Å²) in [6.07, 6.45) is 3.12. The highest BCUT2D eigenvalue weighted by atomic mass is 35.5. The van der Waals surface area contributed by atoms with Crippen LogP contribution in [-0.2, 0) is 0 Å². The summed E-state index contributed by atoms with van der Waals surface area (Å²) >= 11 is 7.06. The highest BCUT2D eigenvalue weighted by molar-refractivity contribution is 7.10. The second kappa shape index (κ2) is 5.99. The lowest BCUT2D eigenvalue weighted by Gasteiger charge is -1.99. The van der Waals surface area contributed by atoms with E-state index in [1.807, 2.05) is 12.1 Å². The fourth-order valence-electron chi connectivity index (χ4n) is 1.69. The first-order valence-electron chi connectivity index (χ1n) is 6.03. The molecule has 0 aliphatic carbocycles. The fraction of sp³-hybridized carbons (Fsp3) is 0. The number of pyridine rings is 1. The lowest BCUT2D eigenvalue weighted by Crippen LogP contribution is -2.11. The molecule has 3 aromatic rings. The van der Waals surface area contributed by atoms with Gasteiger partial charge in [-0.15, -0.1) is 0 Å². The largest absolute Gasteiger partial charge is 0.297 e. The Morgan fingerprint density at radius 1 is 1.19 bits per heavy atom. The number of anilines is 1. The normalized spacial score (nSPS) is 10.3. The summed E-state index contributed by atoms with van der Waals surface area (Å²) in [4.78, 5) is 20.2. The number of halogens is 1. The van der Waals surface area contributed by atoms with Gasteiger partial charge in [-0.1, -0.05) is 23.7 Å². The minimum absolute atomic E-state index is 0.244. The van der Waals surface area contributed by atoms with Crippen molar-refractivity contribution in [2.24, 2.45) is 0 Å². The molecule has 0 radical (unpaired) electrons. The van der Waals surface area contributed by atoms with E-state index in [1.54, 1.807) is 36.7 Å². The first-order chi connectivity index (χ1) is 10.2. The summed E-state index contributed by atoms with van der Waals surface area (Å²) in [6.45, 7) is 0. The number of nitrogens with one attached hydrogen (secondary N) is 1. The Bertz CT molecular complexity index is 775. The van der Waals surface area contributed by atoms with Gasteiger partial charge in [-0.3, -0.25) is 15.1 Å². The van der Waals surface area contributed by atoms with E-state index in [0.29, 0.717) is 21.5 Å². The maximum absolute atomic E-state index is 12.0. The molecule has 0 spiro atoms. The quantitative estimate of drug-likeness (QED) is 0.803. The maximum Gasteiger partial charge on any atom is 0.257 e. The monoisotopic (exact) mass is 316 g/mol. The van der Waals surface area contributed by atoms with Crippen LogP contribution in [0, 0.1) is 0 Å². The highest BCUT2D eigenvalue weighted by Gasteiger charge is 2.11. The Kier molecular flexibility index (Phi) is 3.89. The third-order valence-electron chi connectivity index (χ3n) is 2.67. The molecular weight excluding hydrogens is 308 g/mol. The summed E-state index contributed by atoms with van der Waals surface area (Å²) in [6, 6.07) is 10.5. The van der Waals surface area contributed by atoms with Gasteiger partial charge in [0, 0.05) is 40.1 Å². The van der Waals surface area contributed by atoms with Crippen molar-refractivity contribution in [1.29, 1.82) is 0 Å². The topological polar surface area (TPSA) is 67.8 Å². The summed E-state index contributed by atoms with van der Waals surface area (Å²) in [5.74, 6) is 0.290. The molecule has 2 heterocycles. The third-order valence-corrected chi connectivity index (χ3v) is 3.54. The van der Waals surface area contributed by atoms with E-state index in [9.17, 15) is 4.79 Å². The molecule has 1 N–H and O–H groups in total. The smallest absolute Gasteiger partial charge is 0.257 e. The van der Waals surface area contributed by atoms with Gasteiger partial charge >= 0.3 is 0 Å². The molecule has 3 rings (SSSR count). The average molecular weight is 317 g/mol. The van der Waals surface area contributed by atoms with Gasteiger partial charge in [0.2, 0.25) is 5.13 Å². The molecule has 0 unspecified atom stereocenters. The second-order valence-corrected chi connectivity index (χ2v) is 5.31. The van der Waals surface area contributed by atoms with E-state index in [0.717, 1.165) is 17.1 Å². The number of aromatic nitrogens is 3. The number of hydrogen-bond acceptors (Lipinski definition) is 5. The van der Waals surface area contributed by atoms with Gasteiger partial charge in [-0.2, -0.15) is 9.36 Å². The van der Waals surface area contributed by atoms with Crippen molar-refractivity contribution in [3.8, 4) is 11.4 Å². The van der Waals surface area contributed by atoms with Crippen LogP contribution in [0.3, 0.4) is 0 Å². The number of carbonyl (C=O) groups excluding carboxylic acids is 1. The summed E-state index contributed by atoms with van der Waals surface area (Å²) in [5, 5.41) is 3.76. The van der Waals surface area contributed by atoms with Crippen molar-refractivity contribution in [2.45, 2.75) is 0 Å². The van der Waals surface area contributed by atoms with Crippen molar-refractivity contribution in [2.75, 3.05) is 5.32 Å². The van der Waals surface area contributed by atoms with Crippen LogP contribution in [0.25, 0.3) is 11.4 Å². The van der Waals surface area contributed by atoms with Crippen molar-refractivity contribution in [3.63, 3.8) is 0 Å². The number of benzene rings is 1. The van der Waals surface area contributed by atoms with Gasteiger partial charge < -0.3 is 0 Å². The molecule has 0 aliphatic rings. The molecule has 1 amide bonds. The molecule has 0 fully saturated rings. The van der Waals surface area contributed by atoms with Crippen LogP contribution in [0.2, 0.25) is 5.02 Å². The Morgan fingerprint density at radius 3 is 2.76 bits per heavy atom. The molecule has 7 heteroatoms. The van der Waals surface area contributed by atoms with Crippen LogP contribution < -0.4 is 5.32 Å². The Balaban J connectivity index is 1.78. The van der Waals surface area contributed by atoms with Gasteiger partial charge in [-0.25, -0.2) is 0 Å². The molecule has 0 bridgehead atoms. The summed E-state index contributed by atoms with van der Waals surface area (Å²) in [5.41, 5.74) is 1.33. The first-order valence-corrected chi connectivity index (χ1v) is 7.18. The highest BCUT2D eigenvalue weighted by Crippen LogP contribution is 2.23. The van der Waals surface area contributed by atoms with Crippen molar-refractivity contribution >= 4 is 34.2 Å². The molecule has 0 atom stereocenters. The zero-order chi connectivity index (χ0) is 14.7. The zero-order valence-electron chi connectivity index (χ0n) is 10.7. The Hall–Kier alpha value is -2.31. The lowest BCUT2D eigenvalue weighted by molar-refractivity contribution is 0.102. The summed E-state index contributed by atoms with van der Waals surface area (Å²) in [7, 11) is 0. The molecule has 21 heavy (non-hydrogen) atoms. The molecule has 2 aromatic heterocycles. The fourth-order valence-corrected chi connectivity index (χ4v) is 2.47. The number of rotatable bonds is 3. The average Bonchev–Trinajstić information content (AvgIpc) is 2.97. The second-order valence-electron chi connectivity index (χ2n) is 4.12. The predicted molar refractivity (Wildman–Crippen MR) is 82.5 cm³/mol. The van der Waals surface area contributed by atoms with Gasteiger partial charge in [-0.05, 0) is 24.3 Å².